The molecule has 3 aliphatic rings. The lowest BCUT2D eigenvalue weighted by Gasteiger charge is -2.27. The molecule has 3 aromatic rings. The van der Waals surface area contributed by atoms with E-state index < -0.39 is 0 Å². The summed E-state index contributed by atoms with van der Waals surface area (Å²) in [5, 5.41) is 10.7. The molecular formula is C31H31N5O2. The highest BCUT2D eigenvalue weighted by atomic mass is 16.2. The molecular weight excluding hydrogens is 474 g/mol. The van der Waals surface area contributed by atoms with Gasteiger partial charge in [0.05, 0.1) is 18.4 Å². The van der Waals surface area contributed by atoms with Crippen molar-refractivity contribution in [2.24, 2.45) is 0 Å². The highest BCUT2D eigenvalue weighted by Gasteiger charge is 2.25. The first-order valence-electron chi connectivity index (χ1n) is 13.2. The van der Waals surface area contributed by atoms with Crippen LogP contribution in [0.4, 0.5) is 5.69 Å². The fraction of sp³-hybridized carbons (Fsp3) is 0.258. The number of nitrogens with one attached hydrogen (secondary N) is 2. The van der Waals surface area contributed by atoms with Gasteiger partial charge in [-0.2, -0.15) is 5.10 Å². The Bertz CT molecular complexity index is 1460. The molecule has 2 aliphatic carbocycles. The van der Waals surface area contributed by atoms with Crippen molar-refractivity contribution in [3.63, 3.8) is 0 Å². The fourth-order valence-electron chi connectivity index (χ4n) is 5.31. The van der Waals surface area contributed by atoms with Crippen LogP contribution in [-0.4, -0.2) is 52.5 Å². The third-order valence-corrected chi connectivity index (χ3v) is 7.33. The predicted octanol–water partition coefficient (Wildman–Crippen LogP) is 3.74. The van der Waals surface area contributed by atoms with Gasteiger partial charge in [-0.1, -0.05) is 60.7 Å². The lowest BCUT2D eigenvalue weighted by molar-refractivity contribution is -0.114. The number of nitrogens with zero attached hydrogens (tertiary/aromatic N) is 3. The zero-order chi connectivity index (χ0) is 25.9. The lowest BCUT2D eigenvalue weighted by Crippen LogP contribution is -2.42. The van der Waals surface area contributed by atoms with Gasteiger partial charge in [0, 0.05) is 56.5 Å². The first kappa shape index (κ1) is 24.3. The van der Waals surface area contributed by atoms with Gasteiger partial charge in [-0.25, -0.2) is 0 Å². The van der Waals surface area contributed by atoms with E-state index in [1.807, 2.05) is 36.5 Å². The summed E-state index contributed by atoms with van der Waals surface area (Å²) in [7, 11) is 0. The van der Waals surface area contributed by atoms with Crippen molar-refractivity contribution in [1.29, 1.82) is 0 Å². The van der Waals surface area contributed by atoms with Gasteiger partial charge >= 0.3 is 0 Å². The Morgan fingerprint density at radius 3 is 2.68 bits per heavy atom. The maximum Gasteiger partial charge on any atom is 0.255 e. The highest BCUT2D eigenvalue weighted by molar-refractivity contribution is 6.12. The molecule has 7 heteroatoms. The molecule has 1 amide bonds. The van der Waals surface area contributed by atoms with Gasteiger partial charge in [-0.15, -0.1) is 0 Å². The minimum absolute atomic E-state index is 0.0531. The number of Topliss-reactive ketones (excluding diaryl/α,β-unsaturated/α-hetero) is 1. The Kier molecular flexibility index (Phi) is 6.86. The van der Waals surface area contributed by atoms with E-state index in [1.165, 1.54) is 16.7 Å². The Labute approximate surface area is 222 Å². The molecule has 1 saturated heterocycles. The second-order valence-corrected chi connectivity index (χ2v) is 10.1. The predicted molar refractivity (Wildman–Crippen MR) is 148 cm³/mol. The number of rotatable bonds is 7. The van der Waals surface area contributed by atoms with Crippen molar-refractivity contribution < 1.29 is 9.59 Å². The lowest BCUT2D eigenvalue weighted by atomic mass is 9.91. The molecule has 2 heterocycles. The summed E-state index contributed by atoms with van der Waals surface area (Å²) in [5.74, 6) is -0.180. The molecule has 0 bridgehead atoms. The quantitative estimate of drug-likeness (QED) is 0.512. The first-order valence-corrected chi connectivity index (χ1v) is 13.2. The van der Waals surface area contributed by atoms with Crippen LogP contribution in [-0.2, 0) is 29.1 Å². The molecule has 2 aromatic carbocycles. The standard InChI is InChI=1S/C31H31N5O2/c37-30-9-8-25(31(38)34-28-18-33-36(21-28)20-22-4-2-1-3-5-22)17-29(30)27-15-24-7-6-23(14-26(24)16-27)19-35-12-10-32-11-13-35/h1-8,14,16-18,21,32H,9-13,15,19-20H2,(H,34,38). The average Bonchev–Trinajstić information content (AvgIpc) is 3.56. The molecule has 192 valence electrons. The molecule has 0 atom stereocenters. The Balaban J connectivity index is 1.13. The maximum absolute atomic E-state index is 13.1. The van der Waals surface area contributed by atoms with Crippen molar-refractivity contribution >= 4 is 23.5 Å². The number of anilines is 1. The van der Waals surface area contributed by atoms with Gasteiger partial charge in [-0.05, 0) is 40.3 Å². The molecule has 1 aromatic heterocycles. The molecule has 1 aliphatic heterocycles. The second-order valence-electron chi connectivity index (χ2n) is 10.1. The number of carbonyl (C=O) groups excluding carboxylic acids is 2. The van der Waals surface area contributed by atoms with Crippen LogP contribution >= 0.6 is 0 Å². The summed E-state index contributed by atoms with van der Waals surface area (Å²) in [6.07, 6.45) is 9.98. The number of piperazine rings is 1. The van der Waals surface area contributed by atoms with Crippen molar-refractivity contribution in [2.45, 2.75) is 25.9 Å². The van der Waals surface area contributed by atoms with E-state index >= 15 is 0 Å². The molecule has 0 spiro atoms. The molecule has 1 fully saturated rings. The minimum atomic E-state index is -0.233. The number of fused-ring (bicyclic) bond motifs is 1. The van der Waals surface area contributed by atoms with E-state index in [2.05, 4.69) is 44.9 Å². The third-order valence-electron chi connectivity index (χ3n) is 7.33. The van der Waals surface area contributed by atoms with Gasteiger partial charge in [0.2, 0.25) is 0 Å². The van der Waals surface area contributed by atoms with Gasteiger partial charge in [0.25, 0.3) is 5.91 Å². The maximum atomic E-state index is 13.1. The summed E-state index contributed by atoms with van der Waals surface area (Å²) in [4.78, 5) is 28.4. The fourth-order valence-corrected chi connectivity index (χ4v) is 5.31. The smallest absolute Gasteiger partial charge is 0.255 e. The summed E-state index contributed by atoms with van der Waals surface area (Å²) >= 11 is 0. The zero-order valence-electron chi connectivity index (χ0n) is 21.3. The summed E-state index contributed by atoms with van der Waals surface area (Å²) in [6, 6.07) is 16.7. The van der Waals surface area contributed by atoms with Crippen molar-refractivity contribution in [3.8, 4) is 0 Å². The third kappa shape index (κ3) is 5.44. The van der Waals surface area contributed by atoms with Gasteiger partial charge in [0.15, 0.2) is 5.78 Å². The van der Waals surface area contributed by atoms with Crippen LogP contribution in [0.5, 0.6) is 0 Å². The SMILES string of the molecule is O=C1CC=C(C(=O)Nc2cnn(Cc3ccccc3)c2)C=C1C1=Cc2cc(CN3CCNCC3)ccc2C1. The van der Waals surface area contributed by atoms with Crippen LogP contribution in [0, 0.1) is 0 Å². The summed E-state index contributed by atoms with van der Waals surface area (Å²) in [5.41, 5.74) is 7.58. The zero-order valence-corrected chi connectivity index (χ0v) is 21.3. The molecule has 0 unspecified atom stereocenters. The van der Waals surface area contributed by atoms with Gasteiger partial charge in [-0.3, -0.25) is 19.2 Å². The number of allylic oxidation sites excluding steroid dienone is 3. The molecule has 7 nitrogen and oxygen atoms in total. The number of benzene rings is 2. The molecule has 6 rings (SSSR count). The van der Waals surface area contributed by atoms with Crippen molar-refractivity contribution in [3.05, 3.63) is 112 Å². The Morgan fingerprint density at radius 2 is 1.84 bits per heavy atom. The molecule has 38 heavy (non-hydrogen) atoms. The number of carbonyl (C=O) groups is 2. The van der Waals surface area contributed by atoms with E-state index in [0.717, 1.165) is 43.9 Å². The van der Waals surface area contributed by atoms with E-state index in [0.29, 0.717) is 29.8 Å². The van der Waals surface area contributed by atoms with Gasteiger partial charge in [0.1, 0.15) is 0 Å². The minimum Gasteiger partial charge on any atom is -0.319 e. The van der Waals surface area contributed by atoms with Crippen molar-refractivity contribution in [1.82, 2.24) is 20.0 Å². The highest BCUT2D eigenvalue weighted by Crippen LogP contribution is 2.33. The van der Waals surface area contributed by atoms with E-state index in [1.54, 1.807) is 23.0 Å². The average molecular weight is 506 g/mol. The first-order chi connectivity index (χ1) is 18.6. The van der Waals surface area contributed by atoms with Gasteiger partial charge < -0.3 is 10.6 Å². The van der Waals surface area contributed by atoms with Crippen LogP contribution < -0.4 is 10.6 Å². The van der Waals surface area contributed by atoms with E-state index in [-0.39, 0.29) is 18.1 Å². The van der Waals surface area contributed by atoms with Crippen LogP contribution in [0.15, 0.2) is 89.8 Å². The number of ketones is 1. The Hall–Kier alpha value is -4.07. The second kappa shape index (κ2) is 10.7. The Morgan fingerprint density at radius 1 is 1.00 bits per heavy atom. The van der Waals surface area contributed by atoms with E-state index in [9.17, 15) is 9.59 Å². The monoisotopic (exact) mass is 505 g/mol. The largest absolute Gasteiger partial charge is 0.319 e. The summed E-state index contributed by atoms with van der Waals surface area (Å²) < 4.78 is 1.79. The molecule has 0 saturated carbocycles. The number of aromatic nitrogens is 2. The van der Waals surface area contributed by atoms with Crippen LogP contribution in [0.2, 0.25) is 0 Å². The summed E-state index contributed by atoms with van der Waals surface area (Å²) in [6.45, 7) is 5.75. The molecule has 2 N–H and O–H groups in total. The number of amides is 1. The van der Waals surface area contributed by atoms with E-state index in [4.69, 9.17) is 0 Å². The van der Waals surface area contributed by atoms with Crippen molar-refractivity contribution in [2.75, 3.05) is 31.5 Å². The normalized spacial score (nSPS) is 17.5. The topological polar surface area (TPSA) is 79.3 Å². The number of hydrogen-bond acceptors (Lipinski definition) is 5. The molecule has 0 radical (unpaired) electrons. The van der Waals surface area contributed by atoms with Crippen LogP contribution in [0.25, 0.3) is 6.08 Å². The number of hydrogen-bond donors (Lipinski definition) is 2. The van der Waals surface area contributed by atoms with Crippen LogP contribution in [0.1, 0.15) is 28.7 Å². The van der Waals surface area contributed by atoms with Crippen LogP contribution in [0.3, 0.4) is 0 Å².